The molecule has 0 aliphatic heterocycles. The van der Waals surface area contributed by atoms with Crippen LogP contribution in [0, 0.1) is 6.07 Å². The largest absolute Gasteiger partial charge is 0.248 e. The van der Waals surface area contributed by atoms with Crippen LogP contribution in [0.25, 0.3) is 11.3 Å². The fourth-order valence-corrected chi connectivity index (χ4v) is 1.09. The average molecular weight is 158 g/mol. The molecule has 0 aliphatic carbocycles. The minimum absolute atomic E-state index is 0.982. The number of nitrogens with zero attached hydrogens (tertiary/aromatic N) is 3. The summed E-state index contributed by atoms with van der Waals surface area (Å²) in [5.74, 6) is 0. The second-order valence-electron chi connectivity index (χ2n) is 2.52. The van der Waals surface area contributed by atoms with Crippen LogP contribution < -0.4 is 0 Å². The Morgan fingerprint density at radius 1 is 1.42 bits per heavy atom. The molecule has 1 heterocycles. The van der Waals surface area contributed by atoms with Crippen molar-refractivity contribution in [2.75, 3.05) is 0 Å². The first-order chi connectivity index (χ1) is 5.88. The lowest BCUT2D eigenvalue weighted by atomic mass is 10.2. The van der Waals surface area contributed by atoms with E-state index in [4.69, 9.17) is 0 Å². The van der Waals surface area contributed by atoms with Crippen LogP contribution in [-0.4, -0.2) is 15.0 Å². The third kappa shape index (κ3) is 1.09. The van der Waals surface area contributed by atoms with Gasteiger partial charge in [0.25, 0.3) is 0 Å². The van der Waals surface area contributed by atoms with Gasteiger partial charge in [-0.25, -0.2) is 4.68 Å². The third-order valence-electron chi connectivity index (χ3n) is 1.70. The van der Waals surface area contributed by atoms with Crippen molar-refractivity contribution in [3.8, 4) is 11.3 Å². The molecule has 0 fully saturated rings. The van der Waals surface area contributed by atoms with Gasteiger partial charge in [-0.3, -0.25) is 0 Å². The van der Waals surface area contributed by atoms with Crippen LogP contribution >= 0.6 is 0 Å². The Morgan fingerprint density at radius 3 is 2.92 bits per heavy atom. The maximum Gasteiger partial charge on any atom is 0.0888 e. The summed E-state index contributed by atoms with van der Waals surface area (Å²) in [6.07, 6.45) is 1.73. The lowest BCUT2D eigenvalue weighted by Gasteiger charge is -1.97. The second-order valence-corrected chi connectivity index (χ2v) is 2.52. The maximum atomic E-state index is 3.84. The normalized spacial score (nSPS) is 10.1. The van der Waals surface area contributed by atoms with E-state index in [1.165, 1.54) is 0 Å². The van der Waals surface area contributed by atoms with Gasteiger partial charge in [-0.2, -0.15) is 0 Å². The van der Waals surface area contributed by atoms with E-state index in [-0.39, 0.29) is 0 Å². The first-order valence-corrected chi connectivity index (χ1v) is 3.70. The number of benzene rings is 1. The van der Waals surface area contributed by atoms with Crippen LogP contribution in [0.15, 0.2) is 30.5 Å². The Kier molecular flexibility index (Phi) is 1.63. The summed E-state index contributed by atoms with van der Waals surface area (Å²) in [5.41, 5.74) is 2.00. The Bertz CT molecular complexity index is 364. The van der Waals surface area contributed by atoms with Crippen molar-refractivity contribution in [3.63, 3.8) is 0 Å². The zero-order chi connectivity index (χ0) is 8.39. The van der Waals surface area contributed by atoms with Gasteiger partial charge in [0.05, 0.1) is 11.9 Å². The number of aryl methyl sites for hydroxylation is 1. The zero-order valence-corrected chi connectivity index (χ0v) is 6.73. The van der Waals surface area contributed by atoms with Crippen molar-refractivity contribution in [1.82, 2.24) is 15.0 Å². The van der Waals surface area contributed by atoms with Crippen molar-refractivity contribution in [2.45, 2.75) is 0 Å². The molecule has 0 saturated carbocycles. The van der Waals surface area contributed by atoms with E-state index < -0.39 is 0 Å². The van der Waals surface area contributed by atoms with Crippen LogP contribution in [0.4, 0.5) is 0 Å². The highest BCUT2D eigenvalue weighted by molar-refractivity contribution is 5.56. The molecule has 3 nitrogen and oxygen atoms in total. The molecule has 0 amide bonds. The summed E-state index contributed by atoms with van der Waals surface area (Å²) in [7, 11) is 1.86. The summed E-state index contributed by atoms with van der Waals surface area (Å²) in [4.78, 5) is 0. The van der Waals surface area contributed by atoms with Crippen molar-refractivity contribution < 1.29 is 0 Å². The van der Waals surface area contributed by atoms with E-state index in [0.29, 0.717) is 0 Å². The van der Waals surface area contributed by atoms with Crippen LogP contribution in [0.2, 0.25) is 0 Å². The second kappa shape index (κ2) is 2.77. The van der Waals surface area contributed by atoms with Crippen molar-refractivity contribution in [3.05, 3.63) is 36.5 Å². The van der Waals surface area contributed by atoms with Crippen molar-refractivity contribution in [1.29, 1.82) is 0 Å². The van der Waals surface area contributed by atoms with Gasteiger partial charge in [0.2, 0.25) is 0 Å². The SMILES string of the molecule is Cn1nncc1-c1[c]cccc1. The molecule has 0 spiro atoms. The molecule has 2 aromatic rings. The van der Waals surface area contributed by atoms with Crippen molar-refractivity contribution >= 4 is 0 Å². The highest BCUT2D eigenvalue weighted by atomic mass is 15.4. The van der Waals surface area contributed by atoms with Crippen LogP contribution in [-0.2, 0) is 7.05 Å². The Morgan fingerprint density at radius 2 is 2.33 bits per heavy atom. The molecule has 12 heavy (non-hydrogen) atoms. The number of hydrogen-bond donors (Lipinski definition) is 0. The quantitative estimate of drug-likeness (QED) is 0.626. The fraction of sp³-hybridized carbons (Fsp3) is 0.111. The number of aromatic nitrogens is 3. The molecule has 0 N–H and O–H groups in total. The standard InChI is InChI=1S/C9H8N3/c1-12-9(7-10-11-12)8-5-3-2-4-6-8/h2-5,7H,1H3. The lowest BCUT2D eigenvalue weighted by molar-refractivity contribution is 0.720. The molecule has 59 valence electrons. The van der Waals surface area contributed by atoms with E-state index in [9.17, 15) is 0 Å². The summed E-state index contributed by atoms with van der Waals surface area (Å²) in [5, 5.41) is 7.63. The maximum absolute atomic E-state index is 3.84. The summed E-state index contributed by atoms with van der Waals surface area (Å²) in [6, 6.07) is 10.9. The first-order valence-electron chi connectivity index (χ1n) is 3.70. The van der Waals surface area contributed by atoms with E-state index >= 15 is 0 Å². The predicted octanol–water partition coefficient (Wildman–Crippen LogP) is 1.28. The van der Waals surface area contributed by atoms with Gasteiger partial charge in [-0.15, -0.1) is 5.10 Å². The van der Waals surface area contributed by atoms with E-state index in [0.717, 1.165) is 11.3 Å². The highest BCUT2D eigenvalue weighted by Gasteiger charge is 2.00. The minimum atomic E-state index is 0.982. The van der Waals surface area contributed by atoms with Gasteiger partial charge >= 0.3 is 0 Å². The van der Waals surface area contributed by atoms with Crippen molar-refractivity contribution in [2.24, 2.45) is 7.05 Å². The van der Waals surface area contributed by atoms with E-state index in [1.54, 1.807) is 10.9 Å². The van der Waals surface area contributed by atoms with Gasteiger partial charge < -0.3 is 0 Å². The first kappa shape index (κ1) is 7.03. The highest BCUT2D eigenvalue weighted by Crippen LogP contribution is 2.14. The fourth-order valence-electron chi connectivity index (χ4n) is 1.09. The Labute approximate surface area is 70.6 Å². The lowest BCUT2D eigenvalue weighted by Crippen LogP contribution is -1.93. The molecule has 0 unspecified atom stereocenters. The van der Waals surface area contributed by atoms with Gasteiger partial charge in [0, 0.05) is 12.6 Å². The Hall–Kier alpha value is -1.64. The summed E-state index contributed by atoms with van der Waals surface area (Å²) in [6.45, 7) is 0. The Balaban J connectivity index is 2.51. The zero-order valence-electron chi connectivity index (χ0n) is 6.73. The van der Waals surface area contributed by atoms with Gasteiger partial charge in [0.1, 0.15) is 0 Å². The average Bonchev–Trinajstić information content (AvgIpc) is 2.53. The third-order valence-corrected chi connectivity index (χ3v) is 1.70. The summed E-state index contributed by atoms with van der Waals surface area (Å²) >= 11 is 0. The number of rotatable bonds is 1. The molecule has 1 radical (unpaired) electrons. The van der Waals surface area contributed by atoms with Gasteiger partial charge in [-0.05, 0) is 6.07 Å². The molecule has 0 saturated heterocycles. The van der Waals surface area contributed by atoms with Crippen LogP contribution in [0.1, 0.15) is 0 Å². The smallest absolute Gasteiger partial charge is 0.0888 e. The van der Waals surface area contributed by atoms with Gasteiger partial charge in [-0.1, -0.05) is 29.5 Å². The minimum Gasteiger partial charge on any atom is -0.248 e. The molecular weight excluding hydrogens is 150 g/mol. The molecule has 0 aliphatic rings. The summed E-state index contributed by atoms with van der Waals surface area (Å²) < 4.78 is 1.73. The topological polar surface area (TPSA) is 30.7 Å². The van der Waals surface area contributed by atoms with E-state index in [2.05, 4.69) is 16.4 Å². The molecule has 1 aromatic heterocycles. The van der Waals surface area contributed by atoms with Crippen LogP contribution in [0.3, 0.4) is 0 Å². The molecule has 1 aromatic carbocycles. The van der Waals surface area contributed by atoms with Gasteiger partial charge in [0.15, 0.2) is 0 Å². The van der Waals surface area contributed by atoms with E-state index in [1.807, 2.05) is 31.3 Å². The van der Waals surface area contributed by atoms with Crippen LogP contribution in [0.5, 0.6) is 0 Å². The predicted molar refractivity (Wildman–Crippen MR) is 45.3 cm³/mol. The molecule has 3 heteroatoms. The molecule has 0 atom stereocenters. The number of hydrogen-bond acceptors (Lipinski definition) is 2. The molecular formula is C9H8N3. The molecule has 0 bridgehead atoms. The molecule has 2 rings (SSSR count). The monoisotopic (exact) mass is 158 g/mol.